The second-order valence-electron chi connectivity index (χ2n) is 6.99. The molecule has 3 aromatic rings. The lowest BCUT2D eigenvalue weighted by Crippen LogP contribution is -2.28. The Morgan fingerprint density at radius 3 is 2.64 bits per heavy atom. The molecule has 2 amide bonds. The van der Waals surface area contributed by atoms with E-state index >= 15 is 0 Å². The number of aromatic nitrogens is 1. The van der Waals surface area contributed by atoms with Crippen molar-refractivity contribution >= 4 is 34.5 Å². The summed E-state index contributed by atoms with van der Waals surface area (Å²) in [5.74, 6) is 0.00198. The zero-order valence-electron chi connectivity index (χ0n) is 15.6. The van der Waals surface area contributed by atoms with Crippen LogP contribution in [0, 0.1) is 0 Å². The molecular weight excluding hydrogens is 390 g/mol. The lowest BCUT2D eigenvalue weighted by molar-refractivity contribution is -0.129. The van der Waals surface area contributed by atoms with E-state index in [1.54, 1.807) is 34.6 Å². The van der Waals surface area contributed by atoms with Crippen molar-refractivity contribution in [3.63, 3.8) is 0 Å². The number of rotatable bonds is 7. The zero-order chi connectivity index (χ0) is 19.5. The maximum Gasteiger partial charge on any atom is 0.251 e. The molecule has 28 heavy (non-hydrogen) atoms. The molecule has 1 saturated carbocycles. The van der Waals surface area contributed by atoms with Gasteiger partial charge >= 0.3 is 0 Å². The molecule has 4 rings (SSSR count). The van der Waals surface area contributed by atoms with E-state index in [0.29, 0.717) is 24.6 Å². The van der Waals surface area contributed by atoms with Gasteiger partial charge in [0, 0.05) is 30.6 Å². The first kappa shape index (κ1) is 18.8. The van der Waals surface area contributed by atoms with Crippen LogP contribution in [0.1, 0.15) is 34.5 Å². The van der Waals surface area contributed by atoms with Gasteiger partial charge in [-0.3, -0.25) is 9.59 Å². The molecule has 1 aliphatic carbocycles. The van der Waals surface area contributed by atoms with Gasteiger partial charge < -0.3 is 10.2 Å². The lowest BCUT2D eigenvalue weighted by Gasteiger charge is -2.17. The van der Waals surface area contributed by atoms with Crippen molar-refractivity contribution in [2.45, 2.75) is 31.8 Å². The van der Waals surface area contributed by atoms with E-state index in [2.05, 4.69) is 10.3 Å². The number of nitrogens with zero attached hydrogens (tertiary/aromatic N) is 2. The van der Waals surface area contributed by atoms with E-state index in [9.17, 15) is 9.59 Å². The number of likely N-dealkylation sites (N-methyl/N-ethyl adjacent to an activating group) is 1. The fraction of sp³-hybridized carbons (Fsp3) is 0.286. The first-order chi connectivity index (χ1) is 13.6. The Hall–Kier alpha value is -2.51. The summed E-state index contributed by atoms with van der Waals surface area (Å²) >= 11 is 3.22. The minimum Gasteiger partial charge on any atom is -0.349 e. The van der Waals surface area contributed by atoms with Crippen LogP contribution >= 0.6 is 22.7 Å². The quantitative estimate of drug-likeness (QED) is 0.640. The Morgan fingerprint density at radius 2 is 1.96 bits per heavy atom. The average Bonchev–Trinajstić information content (AvgIpc) is 3.15. The van der Waals surface area contributed by atoms with Crippen molar-refractivity contribution in [1.82, 2.24) is 15.2 Å². The first-order valence-corrected chi connectivity index (χ1v) is 11.0. The van der Waals surface area contributed by atoms with Gasteiger partial charge in [0.2, 0.25) is 5.91 Å². The molecule has 0 radical (unpaired) electrons. The van der Waals surface area contributed by atoms with Crippen LogP contribution in [0.3, 0.4) is 0 Å². The number of amides is 2. The summed E-state index contributed by atoms with van der Waals surface area (Å²) in [4.78, 5) is 32.0. The number of hydrogen-bond donors (Lipinski definition) is 1. The lowest BCUT2D eigenvalue weighted by atomic mass is 10.1. The van der Waals surface area contributed by atoms with Crippen LogP contribution in [0.15, 0.2) is 47.2 Å². The number of hydrogen-bond acceptors (Lipinski definition) is 5. The molecular formula is C21H21N3O2S2. The summed E-state index contributed by atoms with van der Waals surface area (Å²) in [6.07, 6.45) is 2.44. The van der Waals surface area contributed by atoms with Gasteiger partial charge in [-0.25, -0.2) is 4.98 Å². The molecule has 0 saturated heterocycles. The van der Waals surface area contributed by atoms with Crippen LogP contribution in [0.5, 0.6) is 0 Å². The molecule has 144 valence electrons. The average molecular weight is 412 g/mol. The SMILES string of the molecule is CN(Cc1ccc(C(=O)NC2CC2)cc1)C(=O)Cc1csc(-c2cccs2)n1. The van der Waals surface area contributed by atoms with E-state index in [4.69, 9.17) is 0 Å². The van der Waals surface area contributed by atoms with Crippen LogP contribution in [0.2, 0.25) is 0 Å². The highest BCUT2D eigenvalue weighted by molar-refractivity contribution is 7.20. The van der Waals surface area contributed by atoms with Crippen molar-refractivity contribution < 1.29 is 9.59 Å². The van der Waals surface area contributed by atoms with Gasteiger partial charge in [0.1, 0.15) is 5.01 Å². The minimum atomic E-state index is -0.0245. The number of benzene rings is 1. The molecule has 2 heterocycles. The molecule has 0 aliphatic heterocycles. The third-order valence-electron chi connectivity index (χ3n) is 4.59. The topological polar surface area (TPSA) is 62.3 Å². The van der Waals surface area contributed by atoms with Gasteiger partial charge in [-0.2, -0.15) is 0 Å². The summed E-state index contributed by atoms with van der Waals surface area (Å²) in [7, 11) is 1.79. The van der Waals surface area contributed by atoms with Crippen LogP contribution < -0.4 is 5.32 Å². The Bertz CT molecular complexity index is 960. The Labute approximate surface area is 172 Å². The Kier molecular flexibility index (Phi) is 5.54. The predicted octanol–water partition coefficient (Wildman–Crippen LogP) is 3.96. The van der Waals surface area contributed by atoms with Crippen molar-refractivity contribution in [3.05, 3.63) is 64.0 Å². The molecule has 0 bridgehead atoms. The van der Waals surface area contributed by atoms with Crippen LogP contribution in [0.25, 0.3) is 9.88 Å². The second-order valence-corrected chi connectivity index (χ2v) is 8.80. The summed E-state index contributed by atoms with van der Waals surface area (Å²) in [5, 5.41) is 7.91. The molecule has 2 aromatic heterocycles. The molecule has 1 fully saturated rings. The zero-order valence-corrected chi connectivity index (χ0v) is 17.2. The fourth-order valence-electron chi connectivity index (χ4n) is 2.81. The highest BCUT2D eigenvalue weighted by atomic mass is 32.1. The molecule has 1 aromatic carbocycles. The van der Waals surface area contributed by atoms with E-state index in [1.807, 2.05) is 47.2 Å². The van der Waals surface area contributed by atoms with Crippen molar-refractivity contribution in [2.24, 2.45) is 0 Å². The first-order valence-electron chi connectivity index (χ1n) is 9.20. The molecule has 7 heteroatoms. The van der Waals surface area contributed by atoms with Gasteiger partial charge in [0.25, 0.3) is 5.91 Å². The molecule has 0 atom stereocenters. The number of thiazole rings is 1. The minimum absolute atomic E-state index is 0.0245. The third-order valence-corrected chi connectivity index (χ3v) is 6.52. The predicted molar refractivity (Wildman–Crippen MR) is 113 cm³/mol. The second kappa shape index (κ2) is 8.24. The molecule has 1 N–H and O–H groups in total. The largest absolute Gasteiger partial charge is 0.349 e. The van der Waals surface area contributed by atoms with Crippen molar-refractivity contribution in [2.75, 3.05) is 7.05 Å². The van der Waals surface area contributed by atoms with E-state index < -0.39 is 0 Å². The smallest absolute Gasteiger partial charge is 0.251 e. The van der Waals surface area contributed by atoms with Gasteiger partial charge in [-0.15, -0.1) is 22.7 Å². The van der Waals surface area contributed by atoms with Gasteiger partial charge in [0.05, 0.1) is 17.0 Å². The summed E-state index contributed by atoms with van der Waals surface area (Å²) in [6, 6.07) is 11.8. The number of nitrogens with one attached hydrogen (secondary N) is 1. The number of thiophene rings is 1. The number of carbonyl (C=O) groups excluding carboxylic acids is 2. The summed E-state index contributed by atoms with van der Waals surface area (Å²) < 4.78 is 0. The highest BCUT2D eigenvalue weighted by Crippen LogP contribution is 2.28. The van der Waals surface area contributed by atoms with Gasteiger partial charge in [0.15, 0.2) is 0 Å². The highest BCUT2D eigenvalue weighted by Gasteiger charge is 2.23. The van der Waals surface area contributed by atoms with E-state index in [-0.39, 0.29) is 11.8 Å². The van der Waals surface area contributed by atoms with Crippen LogP contribution in [-0.4, -0.2) is 34.8 Å². The molecule has 0 spiro atoms. The van der Waals surface area contributed by atoms with Gasteiger partial charge in [-0.05, 0) is 42.0 Å². The molecule has 0 unspecified atom stereocenters. The Morgan fingerprint density at radius 1 is 1.18 bits per heavy atom. The maximum atomic E-state index is 12.5. The number of carbonyl (C=O) groups is 2. The van der Waals surface area contributed by atoms with Crippen molar-refractivity contribution in [1.29, 1.82) is 0 Å². The normalized spacial score (nSPS) is 13.3. The van der Waals surface area contributed by atoms with Gasteiger partial charge in [-0.1, -0.05) is 18.2 Å². The molecule has 1 aliphatic rings. The van der Waals surface area contributed by atoms with Crippen LogP contribution in [-0.2, 0) is 17.8 Å². The maximum absolute atomic E-state index is 12.5. The van der Waals surface area contributed by atoms with E-state index in [1.165, 1.54) is 0 Å². The third kappa shape index (κ3) is 4.66. The Balaban J connectivity index is 1.32. The molecule has 5 nitrogen and oxygen atoms in total. The van der Waals surface area contributed by atoms with E-state index in [0.717, 1.165) is 34.0 Å². The summed E-state index contributed by atoms with van der Waals surface area (Å²) in [6.45, 7) is 0.505. The summed E-state index contributed by atoms with van der Waals surface area (Å²) in [5.41, 5.74) is 2.46. The fourth-order valence-corrected chi connectivity index (χ4v) is 4.45. The van der Waals surface area contributed by atoms with Crippen LogP contribution in [0.4, 0.5) is 0 Å². The standard InChI is InChI=1S/C21H21N3O2S2/c1-24(12-14-4-6-15(7-5-14)20(26)22-16-8-9-16)19(25)11-17-13-28-21(23-17)18-3-2-10-27-18/h2-7,10,13,16H,8-9,11-12H2,1H3,(H,22,26). The monoisotopic (exact) mass is 411 g/mol. The van der Waals surface area contributed by atoms with Crippen molar-refractivity contribution in [3.8, 4) is 9.88 Å².